The second-order valence-electron chi connectivity index (χ2n) is 5.65. The fraction of sp³-hybridized carbons (Fsp3) is 0.562. The number of nitrogens with zero attached hydrogens (tertiary/aromatic N) is 2. The van der Waals surface area contributed by atoms with Gasteiger partial charge in [-0.3, -0.25) is 0 Å². The molecule has 0 aliphatic carbocycles. The first kappa shape index (κ1) is 17.6. The smallest absolute Gasteiger partial charge is 0.370 e. The lowest BCUT2D eigenvalue weighted by Crippen LogP contribution is -2.40. The van der Waals surface area contributed by atoms with Gasteiger partial charge in [-0.25, -0.2) is 4.99 Å². The molecule has 1 aliphatic rings. The summed E-state index contributed by atoms with van der Waals surface area (Å²) in [5.74, 6) is 0.531. The van der Waals surface area contributed by atoms with E-state index in [-0.39, 0.29) is 6.61 Å². The molecule has 0 unspecified atom stereocenters. The molecule has 0 amide bonds. The van der Waals surface area contributed by atoms with Crippen LogP contribution in [0.3, 0.4) is 0 Å². The molecule has 0 radical (unpaired) electrons. The van der Waals surface area contributed by atoms with Crippen LogP contribution in [0.1, 0.15) is 30.4 Å². The van der Waals surface area contributed by atoms with Crippen molar-refractivity contribution in [2.24, 2.45) is 10.7 Å². The summed E-state index contributed by atoms with van der Waals surface area (Å²) in [5.41, 5.74) is 7.58. The number of hydrogen-bond acceptors (Lipinski definition) is 2. The van der Waals surface area contributed by atoms with Crippen LogP contribution in [0, 0.1) is 0 Å². The molecule has 128 valence electrons. The number of benzene rings is 1. The Morgan fingerprint density at radius 3 is 2.57 bits per heavy atom. The number of alkyl halides is 3. The largest absolute Gasteiger partial charge is 0.411 e. The Kier molecular flexibility index (Phi) is 6.27. The Labute approximate surface area is 134 Å². The zero-order valence-corrected chi connectivity index (χ0v) is 13.0. The van der Waals surface area contributed by atoms with Gasteiger partial charge in [-0.15, -0.1) is 0 Å². The SMILES string of the molecule is NC(=NCc1cccc(COCC(F)(F)F)c1)N1CCCCC1. The maximum Gasteiger partial charge on any atom is 0.411 e. The van der Waals surface area contributed by atoms with E-state index in [2.05, 4.69) is 14.6 Å². The minimum atomic E-state index is -4.30. The topological polar surface area (TPSA) is 50.9 Å². The first-order chi connectivity index (χ1) is 10.9. The molecule has 0 aromatic heterocycles. The molecule has 4 nitrogen and oxygen atoms in total. The van der Waals surface area contributed by atoms with Crippen LogP contribution >= 0.6 is 0 Å². The number of ether oxygens (including phenoxy) is 1. The van der Waals surface area contributed by atoms with Gasteiger partial charge in [0.05, 0.1) is 13.2 Å². The van der Waals surface area contributed by atoms with Crippen LogP contribution in [0.15, 0.2) is 29.3 Å². The number of halogens is 3. The number of likely N-dealkylation sites (tertiary alicyclic amines) is 1. The summed E-state index contributed by atoms with van der Waals surface area (Å²) in [6.45, 7) is 0.965. The summed E-state index contributed by atoms with van der Waals surface area (Å²) in [4.78, 5) is 6.45. The quantitative estimate of drug-likeness (QED) is 0.667. The van der Waals surface area contributed by atoms with Crippen molar-refractivity contribution in [1.29, 1.82) is 0 Å². The molecule has 1 aromatic rings. The molecule has 0 bridgehead atoms. The Balaban J connectivity index is 1.86. The Morgan fingerprint density at radius 1 is 1.17 bits per heavy atom. The first-order valence-electron chi connectivity index (χ1n) is 7.71. The number of piperidine rings is 1. The lowest BCUT2D eigenvalue weighted by molar-refractivity contribution is -0.176. The van der Waals surface area contributed by atoms with Crippen molar-refractivity contribution in [3.05, 3.63) is 35.4 Å². The van der Waals surface area contributed by atoms with Gasteiger partial charge in [0.25, 0.3) is 0 Å². The Hall–Kier alpha value is -1.76. The highest BCUT2D eigenvalue weighted by molar-refractivity contribution is 5.78. The molecule has 1 saturated heterocycles. The van der Waals surface area contributed by atoms with Gasteiger partial charge < -0.3 is 15.4 Å². The van der Waals surface area contributed by atoms with Crippen LogP contribution in [0.5, 0.6) is 0 Å². The van der Waals surface area contributed by atoms with Crippen LogP contribution in [-0.2, 0) is 17.9 Å². The van der Waals surface area contributed by atoms with Crippen LogP contribution in [0.25, 0.3) is 0 Å². The van der Waals surface area contributed by atoms with E-state index in [0.29, 0.717) is 18.1 Å². The number of guanidine groups is 1. The summed E-state index contributed by atoms with van der Waals surface area (Å²) < 4.78 is 40.9. The molecule has 2 N–H and O–H groups in total. The van der Waals surface area contributed by atoms with Crippen molar-refractivity contribution < 1.29 is 17.9 Å². The second-order valence-corrected chi connectivity index (χ2v) is 5.65. The standard InChI is InChI=1S/C16H22F3N3O/c17-16(18,19)12-23-11-14-6-4-5-13(9-14)10-21-15(20)22-7-2-1-3-8-22/h4-6,9H,1-3,7-8,10-12H2,(H2,20,21). The van der Waals surface area contributed by atoms with E-state index in [4.69, 9.17) is 5.73 Å². The maximum atomic E-state index is 12.1. The molecule has 7 heteroatoms. The van der Waals surface area contributed by atoms with Gasteiger partial charge in [-0.1, -0.05) is 24.3 Å². The molecule has 1 aliphatic heterocycles. The van der Waals surface area contributed by atoms with Crippen LogP contribution < -0.4 is 5.73 Å². The molecule has 1 fully saturated rings. The fourth-order valence-corrected chi connectivity index (χ4v) is 2.50. The van der Waals surface area contributed by atoms with E-state index in [0.717, 1.165) is 31.5 Å². The van der Waals surface area contributed by atoms with Gasteiger partial charge in [0.1, 0.15) is 6.61 Å². The molecule has 1 aromatic carbocycles. The Bertz CT molecular complexity index is 526. The highest BCUT2D eigenvalue weighted by Gasteiger charge is 2.27. The van der Waals surface area contributed by atoms with E-state index in [1.807, 2.05) is 6.07 Å². The normalized spacial score (nSPS) is 16.7. The Morgan fingerprint density at radius 2 is 1.87 bits per heavy atom. The molecule has 0 saturated carbocycles. The molecule has 2 rings (SSSR count). The van der Waals surface area contributed by atoms with E-state index < -0.39 is 12.8 Å². The highest BCUT2D eigenvalue weighted by Crippen LogP contribution is 2.16. The van der Waals surface area contributed by atoms with E-state index >= 15 is 0 Å². The van der Waals surface area contributed by atoms with Crippen molar-refractivity contribution >= 4 is 5.96 Å². The molecular weight excluding hydrogens is 307 g/mol. The third kappa shape index (κ3) is 6.48. The first-order valence-corrected chi connectivity index (χ1v) is 7.71. The summed E-state index contributed by atoms with van der Waals surface area (Å²) >= 11 is 0. The van der Waals surface area contributed by atoms with Crippen molar-refractivity contribution in [2.45, 2.75) is 38.6 Å². The van der Waals surface area contributed by atoms with Gasteiger partial charge >= 0.3 is 6.18 Å². The number of rotatable bonds is 5. The number of aliphatic imine (C=N–C) groups is 1. The molecular formula is C16H22F3N3O. The van der Waals surface area contributed by atoms with Gasteiger partial charge in [0.2, 0.25) is 0 Å². The highest BCUT2D eigenvalue weighted by atomic mass is 19.4. The predicted octanol–water partition coefficient (Wildman–Crippen LogP) is 3.07. The number of hydrogen-bond donors (Lipinski definition) is 1. The third-order valence-corrected chi connectivity index (χ3v) is 3.63. The average Bonchev–Trinajstić information content (AvgIpc) is 2.53. The van der Waals surface area contributed by atoms with Gasteiger partial charge in [-0.05, 0) is 30.4 Å². The van der Waals surface area contributed by atoms with Crippen LogP contribution in [0.4, 0.5) is 13.2 Å². The summed E-state index contributed by atoms with van der Waals surface area (Å²) in [7, 11) is 0. The predicted molar refractivity (Wildman–Crippen MR) is 82.9 cm³/mol. The van der Waals surface area contributed by atoms with Gasteiger partial charge in [-0.2, -0.15) is 13.2 Å². The van der Waals surface area contributed by atoms with Crippen LogP contribution in [-0.4, -0.2) is 36.7 Å². The maximum absolute atomic E-state index is 12.1. The van der Waals surface area contributed by atoms with Crippen molar-refractivity contribution in [2.75, 3.05) is 19.7 Å². The summed E-state index contributed by atoms with van der Waals surface area (Å²) in [6.07, 6.45) is -0.820. The zero-order valence-electron chi connectivity index (χ0n) is 13.0. The summed E-state index contributed by atoms with van der Waals surface area (Å²) in [6, 6.07) is 7.19. The van der Waals surface area contributed by atoms with Crippen LogP contribution in [0.2, 0.25) is 0 Å². The van der Waals surface area contributed by atoms with Gasteiger partial charge in [0.15, 0.2) is 5.96 Å². The van der Waals surface area contributed by atoms with Crippen molar-refractivity contribution in [1.82, 2.24) is 4.90 Å². The van der Waals surface area contributed by atoms with Crippen molar-refractivity contribution in [3.63, 3.8) is 0 Å². The minimum absolute atomic E-state index is 0.0708. The lowest BCUT2D eigenvalue weighted by Gasteiger charge is -2.27. The molecule has 0 atom stereocenters. The monoisotopic (exact) mass is 329 g/mol. The third-order valence-electron chi connectivity index (χ3n) is 3.63. The summed E-state index contributed by atoms with van der Waals surface area (Å²) in [5, 5.41) is 0. The fourth-order valence-electron chi connectivity index (χ4n) is 2.50. The molecule has 0 spiro atoms. The van der Waals surface area contributed by atoms with Crippen molar-refractivity contribution in [3.8, 4) is 0 Å². The second kappa shape index (κ2) is 8.19. The van der Waals surface area contributed by atoms with E-state index in [1.54, 1.807) is 18.2 Å². The minimum Gasteiger partial charge on any atom is -0.370 e. The van der Waals surface area contributed by atoms with E-state index in [9.17, 15) is 13.2 Å². The molecule has 1 heterocycles. The average molecular weight is 329 g/mol. The lowest BCUT2D eigenvalue weighted by atomic mass is 10.1. The molecule has 23 heavy (non-hydrogen) atoms. The van der Waals surface area contributed by atoms with E-state index in [1.165, 1.54) is 6.42 Å². The van der Waals surface area contributed by atoms with Gasteiger partial charge in [0, 0.05) is 13.1 Å². The number of nitrogens with two attached hydrogens (primary N) is 1. The zero-order chi connectivity index (χ0) is 16.7.